The monoisotopic (exact) mass is 385 g/mol. The highest BCUT2D eigenvalue weighted by Crippen LogP contribution is 2.27. The summed E-state index contributed by atoms with van der Waals surface area (Å²) < 4.78 is 1.74. The molecule has 0 aliphatic rings. The van der Waals surface area contributed by atoms with Gasteiger partial charge in [-0.05, 0) is 43.2 Å². The van der Waals surface area contributed by atoms with Crippen LogP contribution < -0.4 is 4.90 Å². The van der Waals surface area contributed by atoms with Crippen LogP contribution in [0.2, 0.25) is 0 Å². The Balaban J connectivity index is 1.76. The molecular formula is C23H23N5O. The number of aromatic amines is 1. The third kappa shape index (κ3) is 3.96. The van der Waals surface area contributed by atoms with Gasteiger partial charge in [0.05, 0.1) is 12.2 Å². The Morgan fingerprint density at radius 1 is 1.07 bits per heavy atom. The number of rotatable bonds is 6. The third-order valence-corrected chi connectivity index (χ3v) is 4.79. The van der Waals surface area contributed by atoms with Crippen LogP contribution in [0.15, 0.2) is 73.1 Å². The molecule has 0 saturated carbocycles. The normalized spacial score (nSPS) is 10.8. The van der Waals surface area contributed by atoms with Crippen molar-refractivity contribution >= 4 is 11.6 Å². The molecule has 29 heavy (non-hydrogen) atoms. The minimum atomic E-state index is -0.103. The van der Waals surface area contributed by atoms with Crippen LogP contribution in [-0.2, 0) is 13.1 Å². The highest BCUT2D eigenvalue weighted by atomic mass is 16.2. The fraction of sp³-hybridized carbons (Fsp3) is 0.174. The largest absolute Gasteiger partial charge is 0.347 e. The Hall–Kier alpha value is -3.67. The standard InChI is InChI=1S/C23H23N5O/c1-3-28-21(14-17(2)26-28)23(29)27(16-22-24-12-13-25-22)20-11-7-10-19(15-20)18-8-5-4-6-9-18/h4-15H,3,16H2,1-2H3,(H,24,25). The molecule has 2 aromatic heterocycles. The van der Waals surface area contributed by atoms with E-state index in [1.165, 1.54) is 0 Å². The van der Waals surface area contributed by atoms with Crippen molar-refractivity contribution in [2.24, 2.45) is 0 Å². The molecule has 0 saturated heterocycles. The second-order valence-corrected chi connectivity index (χ2v) is 6.83. The first-order valence-corrected chi connectivity index (χ1v) is 9.65. The summed E-state index contributed by atoms with van der Waals surface area (Å²) in [5.41, 5.74) is 4.37. The molecule has 6 heteroatoms. The van der Waals surface area contributed by atoms with E-state index in [9.17, 15) is 4.79 Å². The number of imidazole rings is 1. The summed E-state index contributed by atoms with van der Waals surface area (Å²) in [6.45, 7) is 4.86. The number of hydrogen-bond donors (Lipinski definition) is 1. The minimum absolute atomic E-state index is 0.103. The number of carbonyl (C=O) groups is 1. The molecule has 0 atom stereocenters. The zero-order chi connectivity index (χ0) is 20.2. The van der Waals surface area contributed by atoms with Gasteiger partial charge in [0.25, 0.3) is 5.91 Å². The van der Waals surface area contributed by atoms with Crippen LogP contribution in [0.3, 0.4) is 0 Å². The van der Waals surface area contributed by atoms with Gasteiger partial charge in [-0.3, -0.25) is 14.4 Å². The quantitative estimate of drug-likeness (QED) is 0.533. The molecule has 1 amide bonds. The van der Waals surface area contributed by atoms with E-state index in [0.717, 1.165) is 28.3 Å². The fourth-order valence-corrected chi connectivity index (χ4v) is 3.40. The number of benzene rings is 2. The average molecular weight is 385 g/mol. The first-order valence-electron chi connectivity index (χ1n) is 9.65. The van der Waals surface area contributed by atoms with E-state index in [2.05, 4.69) is 33.3 Å². The van der Waals surface area contributed by atoms with Gasteiger partial charge in [-0.25, -0.2) is 4.98 Å². The summed E-state index contributed by atoms with van der Waals surface area (Å²) in [5, 5.41) is 4.43. The zero-order valence-corrected chi connectivity index (χ0v) is 16.5. The summed E-state index contributed by atoms with van der Waals surface area (Å²) in [6, 6.07) is 20.0. The Morgan fingerprint density at radius 3 is 2.59 bits per heavy atom. The summed E-state index contributed by atoms with van der Waals surface area (Å²) in [5.74, 6) is 0.622. The van der Waals surface area contributed by atoms with Crippen molar-refractivity contribution in [1.29, 1.82) is 0 Å². The van der Waals surface area contributed by atoms with Gasteiger partial charge >= 0.3 is 0 Å². The molecule has 0 spiro atoms. The van der Waals surface area contributed by atoms with Gasteiger partial charge in [-0.15, -0.1) is 0 Å². The van der Waals surface area contributed by atoms with Crippen molar-refractivity contribution in [2.75, 3.05) is 4.90 Å². The molecule has 0 aliphatic heterocycles. The smallest absolute Gasteiger partial charge is 0.276 e. The van der Waals surface area contributed by atoms with E-state index in [0.29, 0.717) is 18.8 Å². The highest BCUT2D eigenvalue weighted by molar-refractivity contribution is 6.05. The van der Waals surface area contributed by atoms with Gasteiger partial charge in [0, 0.05) is 24.6 Å². The van der Waals surface area contributed by atoms with Gasteiger partial charge in [0.2, 0.25) is 0 Å². The molecule has 4 rings (SSSR count). The number of aromatic nitrogens is 4. The number of nitrogens with zero attached hydrogens (tertiary/aromatic N) is 4. The van der Waals surface area contributed by atoms with E-state index in [4.69, 9.17) is 0 Å². The lowest BCUT2D eigenvalue weighted by Crippen LogP contribution is -2.32. The van der Waals surface area contributed by atoms with Crippen LogP contribution >= 0.6 is 0 Å². The average Bonchev–Trinajstić information content (AvgIpc) is 3.41. The lowest BCUT2D eigenvalue weighted by atomic mass is 10.0. The molecule has 0 unspecified atom stereocenters. The van der Waals surface area contributed by atoms with Crippen LogP contribution in [0.25, 0.3) is 11.1 Å². The number of H-pyrrole nitrogens is 1. The molecule has 0 aliphatic carbocycles. The SMILES string of the molecule is CCn1nc(C)cc1C(=O)N(Cc1ncc[nH]1)c1cccc(-c2ccccc2)c1. The predicted octanol–water partition coefficient (Wildman–Crippen LogP) is 4.45. The number of anilines is 1. The Morgan fingerprint density at radius 2 is 1.86 bits per heavy atom. The summed E-state index contributed by atoms with van der Waals surface area (Å²) in [6.07, 6.45) is 3.46. The molecule has 0 radical (unpaired) electrons. The van der Waals surface area contributed by atoms with Crippen molar-refractivity contribution in [3.8, 4) is 11.1 Å². The van der Waals surface area contributed by atoms with E-state index >= 15 is 0 Å². The molecule has 6 nitrogen and oxygen atoms in total. The highest BCUT2D eigenvalue weighted by Gasteiger charge is 2.23. The van der Waals surface area contributed by atoms with Crippen LogP contribution in [0, 0.1) is 6.92 Å². The lowest BCUT2D eigenvalue weighted by molar-refractivity contribution is 0.0974. The van der Waals surface area contributed by atoms with Crippen molar-refractivity contribution in [2.45, 2.75) is 26.9 Å². The van der Waals surface area contributed by atoms with E-state index in [1.54, 1.807) is 22.0 Å². The first kappa shape index (κ1) is 18.7. The summed E-state index contributed by atoms with van der Waals surface area (Å²) in [7, 11) is 0. The minimum Gasteiger partial charge on any atom is -0.347 e. The van der Waals surface area contributed by atoms with Crippen molar-refractivity contribution in [3.63, 3.8) is 0 Å². The molecule has 4 aromatic rings. The van der Waals surface area contributed by atoms with Gasteiger partial charge < -0.3 is 4.98 Å². The summed E-state index contributed by atoms with van der Waals surface area (Å²) >= 11 is 0. The molecule has 2 aromatic carbocycles. The third-order valence-electron chi connectivity index (χ3n) is 4.79. The number of hydrogen-bond acceptors (Lipinski definition) is 3. The van der Waals surface area contributed by atoms with Crippen LogP contribution in [0.5, 0.6) is 0 Å². The van der Waals surface area contributed by atoms with Gasteiger partial charge in [0.15, 0.2) is 0 Å². The Labute approximate surface area is 169 Å². The van der Waals surface area contributed by atoms with Gasteiger partial charge in [-0.2, -0.15) is 5.10 Å². The number of aryl methyl sites for hydroxylation is 2. The van der Waals surface area contributed by atoms with Crippen molar-refractivity contribution in [1.82, 2.24) is 19.7 Å². The summed E-state index contributed by atoms with van der Waals surface area (Å²) in [4.78, 5) is 22.7. The Bertz CT molecular complexity index is 1100. The predicted molar refractivity (Wildman–Crippen MR) is 114 cm³/mol. The van der Waals surface area contributed by atoms with Gasteiger partial charge in [-0.1, -0.05) is 42.5 Å². The fourth-order valence-electron chi connectivity index (χ4n) is 3.40. The van der Waals surface area contributed by atoms with Crippen LogP contribution in [0.1, 0.15) is 28.9 Å². The maximum Gasteiger partial charge on any atom is 0.276 e. The molecule has 0 fully saturated rings. The molecule has 2 heterocycles. The maximum atomic E-state index is 13.5. The number of amides is 1. The number of carbonyl (C=O) groups excluding carboxylic acids is 1. The molecular weight excluding hydrogens is 362 g/mol. The Kier molecular flexibility index (Phi) is 5.24. The number of nitrogens with one attached hydrogen (secondary N) is 1. The second-order valence-electron chi connectivity index (χ2n) is 6.83. The van der Waals surface area contributed by atoms with Gasteiger partial charge in [0.1, 0.15) is 11.5 Å². The topological polar surface area (TPSA) is 66.8 Å². The van der Waals surface area contributed by atoms with E-state index in [-0.39, 0.29) is 5.91 Å². The second kappa shape index (κ2) is 8.14. The van der Waals surface area contributed by atoms with Crippen LogP contribution in [0.4, 0.5) is 5.69 Å². The molecule has 146 valence electrons. The first-order chi connectivity index (χ1) is 14.2. The zero-order valence-electron chi connectivity index (χ0n) is 16.5. The van der Waals surface area contributed by atoms with E-state index in [1.807, 2.05) is 56.3 Å². The van der Waals surface area contributed by atoms with Crippen molar-refractivity contribution in [3.05, 3.63) is 90.3 Å². The van der Waals surface area contributed by atoms with E-state index < -0.39 is 0 Å². The lowest BCUT2D eigenvalue weighted by Gasteiger charge is -2.23. The molecule has 1 N–H and O–H groups in total. The molecule has 0 bridgehead atoms. The van der Waals surface area contributed by atoms with Crippen molar-refractivity contribution < 1.29 is 4.79 Å². The maximum absolute atomic E-state index is 13.5. The van der Waals surface area contributed by atoms with Crippen LogP contribution in [-0.4, -0.2) is 25.7 Å².